The lowest BCUT2D eigenvalue weighted by atomic mass is 10.1. The summed E-state index contributed by atoms with van der Waals surface area (Å²) in [6, 6.07) is 11.0. The number of sulfone groups is 1. The molecule has 0 aliphatic rings. The summed E-state index contributed by atoms with van der Waals surface area (Å²) in [7, 11) is -1.94. The predicted octanol–water partition coefficient (Wildman–Crippen LogP) is 3.23. The molecule has 1 N–H and O–H groups in total. The minimum Gasteiger partial charge on any atom is -0.497 e. The molecule has 29 heavy (non-hydrogen) atoms. The fraction of sp³-hybridized carbons (Fsp3) is 0.333. The summed E-state index contributed by atoms with van der Waals surface area (Å²) in [6.45, 7) is 5.18. The molecular formula is C21H25NO6S. The number of hydrogen-bond acceptors (Lipinski definition) is 6. The zero-order valence-corrected chi connectivity index (χ0v) is 17.9. The first-order chi connectivity index (χ1) is 13.5. The second kappa shape index (κ2) is 9.09. The Hall–Kier alpha value is -2.87. The number of anilines is 1. The largest absolute Gasteiger partial charge is 0.497 e. The first-order valence-electron chi connectivity index (χ1n) is 8.99. The van der Waals surface area contributed by atoms with Crippen LogP contribution in [0.3, 0.4) is 0 Å². The van der Waals surface area contributed by atoms with E-state index in [-0.39, 0.29) is 16.4 Å². The number of hydrogen-bond donors (Lipinski definition) is 1. The quantitative estimate of drug-likeness (QED) is 0.692. The van der Waals surface area contributed by atoms with Gasteiger partial charge in [0, 0.05) is 11.9 Å². The Labute approximate surface area is 170 Å². The van der Waals surface area contributed by atoms with E-state index in [2.05, 4.69) is 5.32 Å². The molecule has 0 aliphatic heterocycles. The van der Waals surface area contributed by atoms with Gasteiger partial charge in [0.1, 0.15) is 5.75 Å². The molecule has 1 atom stereocenters. The third kappa shape index (κ3) is 5.80. The molecule has 0 bridgehead atoms. The Kier molecular flexibility index (Phi) is 7.02. The van der Waals surface area contributed by atoms with Gasteiger partial charge in [-0.1, -0.05) is 19.9 Å². The van der Waals surface area contributed by atoms with E-state index in [1.807, 2.05) is 0 Å². The van der Waals surface area contributed by atoms with Gasteiger partial charge in [0.2, 0.25) is 0 Å². The molecule has 8 heteroatoms. The summed E-state index contributed by atoms with van der Waals surface area (Å²) in [6.07, 6.45) is 0.0114. The summed E-state index contributed by atoms with van der Waals surface area (Å²) in [5.74, 6) is -0.876. The first-order valence-corrected chi connectivity index (χ1v) is 10.9. The van der Waals surface area contributed by atoms with Gasteiger partial charge in [-0.15, -0.1) is 0 Å². The topological polar surface area (TPSA) is 98.8 Å². The maximum absolute atomic E-state index is 12.7. The number of ether oxygens (including phenoxy) is 2. The summed E-state index contributed by atoms with van der Waals surface area (Å²) < 4.78 is 34.1. The van der Waals surface area contributed by atoms with Gasteiger partial charge >= 0.3 is 5.97 Å². The molecule has 0 aliphatic carbocycles. The minimum atomic E-state index is -3.48. The highest BCUT2D eigenvalue weighted by Crippen LogP contribution is 2.20. The van der Waals surface area contributed by atoms with Gasteiger partial charge in [-0.2, -0.15) is 0 Å². The Morgan fingerprint density at radius 1 is 1.03 bits per heavy atom. The number of amides is 1. The molecule has 0 aromatic heterocycles. The highest BCUT2D eigenvalue weighted by atomic mass is 32.2. The zero-order chi connectivity index (χ0) is 21.8. The summed E-state index contributed by atoms with van der Waals surface area (Å²) >= 11 is 0. The van der Waals surface area contributed by atoms with Crippen LogP contribution in [0.25, 0.3) is 0 Å². The van der Waals surface area contributed by atoms with Crippen molar-refractivity contribution in [3.8, 4) is 5.75 Å². The van der Waals surface area contributed by atoms with Crippen molar-refractivity contribution in [1.82, 2.24) is 0 Å². The van der Waals surface area contributed by atoms with E-state index in [4.69, 9.17) is 9.47 Å². The van der Waals surface area contributed by atoms with Crippen LogP contribution < -0.4 is 10.1 Å². The number of nitrogens with one attached hydrogen (secondary N) is 1. The first kappa shape index (κ1) is 22.4. The van der Waals surface area contributed by atoms with Crippen LogP contribution in [0.1, 0.15) is 29.8 Å². The van der Waals surface area contributed by atoms with Crippen molar-refractivity contribution in [3.63, 3.8) is 0 Å². The molecule has 2 aromatic rings. The summed E-state index contributed by atoms with van der Waals surface area (Å²) in [5.41, 5.74) is 1.20. The molecule has 0 spiro atoms. The number of rotatable bonds is 7. The molecule has 0 fully saturated rings. The fourth-order valence-corrected chi connectivity index (χ4v) is 3.26. The van der Waals surface area contributed by atoms with Crippen LogP contribution in [-0.2, 0) is 19.4 Å². The lowest BCUT2D eigenvalue weighted by molar-refractivity contribution is -0.126. The summed E-state index contributed by atoms with van der Waals surface area (Å²) in [5, 5.41) is 2.71. The van der Waals surface area contributed by atoms with E-state index in [0.717, 1.165) is 6.26 Å². The van der Waals surface area contributed by atoms with E-state index in [9.17, 15) is 18.0 Å². The molecule has 0 saturated heterocycles. The number of methoxy groups -OCH3 is 1. The second-order valence-corrected chi connectivity index (χ2v) is 9.05. The lowest BCUT2D eigenvalue weighted by Crippen LogP contribution is -2.36. The Balaban J connectivity index is 2.21. The average molecular weight is 419 g/mol. The standard InChI is InChI=1S/C21H25NO6S/c1-13(2)19(20(23)22-15-7-9-16(27-4)10-8-15)28-21(24)18-12-17(29(5,25)26)11-6-14(18)3/h6-13,19H,1-5H3,(H,22,23). The van der Waals surface area contributed by atoms with Crippen molar-refractivity contribution in [3.05, 3.63) is 53.6 Å². The molecule has 1 unspecified atom stereocenters. The number of esters is 1. The van der Waals surface area contributed by atoms with E-state index in [1.165, 1.54) is 18.2 Å². The third-order valence-electron chi connectivity index (χ3n) is 4.31. The van der Waals surface area contributed by atoms with Crippen LogP contribution in [0.5, 0.6) is 5.75 Å². The number of aryl methyl sites for hydroxylation is 1. The van der Waals surface area contributed by atoms with Crippen molar-refractivity contribution in [2.75, 3.05) is 18.7 Å². The Bertz CT molecular complexity index is 996. The van der Waals surface area contributed by atoms with E-state index in [0.29, 0.717) is 17.0 Å². The normalized spacial score (nSPS) is 12.3. The monoisotopic (exact) mass is 419 g/mol. The number of carbonyl (C=O) groups is 2. The van der Waals surface area contributed by atoms with Crippen LogP contribution >= 0.6 is 0 Å². The van der Waals surface area contributed by atoms with Gasteiger partial charge in [0.25, 0.3) is 5.91 Å². The molecule has 156 valence electrons. The van der Waals surface area contributed by atoms with Crippen LogP contribution in [0, 0.1) is 12.8 Å². The number of benzene rings is 2. The molecule has 2 rings (SSSR count). The maximum Gasteiger partial charge on any atom is 0.339 e. The molecular weight excluding hydrogens is 394 g/mol. The maximum atomic E-state index is 12.7. The minimum absolute atomic E-state index is 0.0128. The predicted molar refractivity (Wildman–Crippen MR) is 110 cm³/mol. The molecule has 1 amide bonds. The van der Waals surface area contributed by atoms with Gasteiger partial charge < -0.3 is 14.8 Å². The fourth-order valence-electron chi connectivity index (χ4n) is 2.61. The van der Waals surface area contributed by atoms with Crippen LogP contribution in [-0.4, -0.2) is 39.8 Å². The van der Waals surface area contributed by atoms with E-state index < -0.39 is 27.8 Å². The Morgan fingerprint density at radius 2 is 1.66 bits per heavy atom. The van der Waals surface area contributed by atoms with Crippen molar-refractivity contribution < 1.29 is 27.5 Å². The van der Waals surface area contributed by atoms with Gasteiger partial charge in [0.15, 0.2) is 15.9 Å². The number of carbonyl (C=O) groups excluding carboxylic acids is 2. The average Bonchev–Trinajstić information content (AvgIpc) is 2.65. The third-order valence-corrected chi connectivity index (χ3v) is 5.42. The van der Waals surface area contributed by atoms with Crippen LogP contribution in [0.2, 0.25) is 0 Å². The molecule has 7 nitrogen and oxygen atoms in total. The van der Waals surface area contributed by atoms with Gasteiger partial charge in [-0.05, 0) is 54.8 Å². The highest BCUT2D eigenvalue weighted by molar-refractivity contribution is 7.90. The molecule has 2 aromatic carbocycles. The van der Waals surface area contributed by atoms with Crippen molar-refractivity contribution in [2.24, 2.45) is 5.92 Å². The SMILES string of the molecule is COc1ccc(NC(=O)C(OC(=O)c2cc(S(C)(=O)=O)ccc2C)C(C)C)cc1. The lowest BCUT2D eigenvalue weighted by Gasteiger charge is -2.21. The Morgan fingerprint density at radius 3 is 2.17 bits per heavy atom. The van der Waals surface area contributed by atoms with Crippen LogP contribution in [0.4, 0.5) is 5.69 Å². The van der Waals surface area contributed by atoms with E-state index >= 15 is 0 Å². The van der Waals surface area contributed by atoms with Gasteiger partial charge in [-0.25, -0.2) is 13.2 Å². The van der Waals surface area contributed by atoms with Gasteiger partial charge in [0.05, 0.1) is 17.6 Å². The molecule has 0 heterocycles. The smallest absolute Gasteiger partial charge is 0.339 e. The molecule has 0 saturated carbocycles. The van der Waals surface area contributed by atoms with Crippen molar-refractivity contribution in [2.45, 2.75) is 31.8 Å². The van der Waals surface area contributed by atoms with Gasteiger partial charge in [-0.3, -0.25) is 4.79 Å². The molecule has 0 radical (unpaired) electrons. The summed E-state index contributed by atoms with van der Waals surface area (Å²) in [4.78, 5) is 25.4. The van der Waals surface area contributed by atoms with E-state index in [1.54, 1.807) is 52.1 Å². The second-order valence-electron chi connectivity index (χ2n) is 7.04. The zero-order valence-electron chi connectivity index (χ0n) is 17.1. The van der Waals surface area contributed by atoms with Crippen molar-refractivity contribution in [1.29, 1.82) is 0 Å². The van der Waals surface area contributed by atoms with Crippen LogP contribution in [0.15, 0.2) is 47.4 Å². The highest BCUT2D eigenvalue weighted by Gasteiger charge is 2.28. The van der Waals surface area contributed by atoms with Crippen molar-refractivity contribution >= 4 is 27.4 Å².